The smallest absolute Gasteiger partial charge is 0.340 e. The monoisotopic (exact) mass is 456 g/mol. The maximum atomic E-state index is 13.3. The van der Waals surface area contributed by atoms with Crippen LogP contribution >= 0.6 is 0 Å². The SMILES string of the molecule is CCOC(=O)c1c(CNC2(c3noc(C)n3)CCCC2)nc2ccccc2c1-c1ccccc1. The van der Waals surface area contributed by atoms with Gasteiger partial charge in [-0.3, -0.25) is 10.3 Å². The van der Waals surface area contributed by atoms with E-state index in [1.165, 1.54) is 0 Å². The van der Waals surface area contributed by atoms with Crippen LogP contribution in [-0.4, -0.2) is 27.7 Å². The Morgan fingerprint density at radius 2 is 1.79 bits per heavy atom. The lowest BCUT2D eigenvalue weighted by molar-refractivity contribution is 0.0525. The van der Waals surface area contributed by atoms with Gasteiger partial charge in [0.25, 0.3) is 0 Å². The molecule has 1 aliphatic rings. The lowest BCUT2D eigenvalue weighted by atomic mass is 9.92. The molecule has 2 aromatic carbocycles. The summed E-state index contributed by atoms with van der Waals surface area (Å²) in [5.74, 6) is 0.849. The van der Waals surface area contributed by atoms with Crippen molar-refractivity contribution < 1.29 is 14.1 Å². The first-order chi connectivity index (χ1) is 16.6. The molecule has 0 saturated heterocycles. The zero-order valence-corrected chi connectivity index (χ0v) is 19.5. The van der Waals surface area contributed by atoms with Gasteiger partial charge in [0.15, 0.2) is 5.82 Å². The van der Waals surface area contributed by atoms with Crippen LogP contribution in [0.1, 0.15) is 60.4 Å². The van der Waals surface area contributed by atoms with Crippen molar-refractivity contribution in [2.24, 2.45) is 0 Å². The second-order valence-electron chi connectivity index (χ2n) is 8.69. The van der Waals surface area contributed by atoms with Gasteiger partial charge in [-0.1, -0.05) is 66.5 Å². The van der Waals surface area contributed by atoms with Crippen molar-refractivity contribution in [2.75, 3.05) is 6.61 Å². The number of benzene rings is 2. The molecule has 7 heteroatoms. The Balaban J connectivity index is 1.64. The van der Waals surface area contributed by atoms with Gasteiger partial charge in [0.1, 0.15) is 0 Å². The number of rotatable bonds is 7. The third kappa shape index (κ3) is 4.07. The highest BCUT2D eigenvalue weighted by molar-refractivity contribution is 6.07. The van der Waals surface area contributed by atoms with E-state index in [0.717, 1.165) is 47.7 Å². The third-order valence-corrected chi connectivity index (χ3v) is 6.52. The summed E-state index contributed by atoms with van der Waals surface area (Å²) < 4.78 is 10.8. The van der Waals surface area contributed by atoms with Gasteiger partial charge in [-0.25, -0.2) is 4.79 Å². The zero-order chi connectivity index (χ0) is 23.5. The Morgan fingerprint density at radius 3 is 2.50 bits per heavy atom. The highest BCUT2D eigenvalue weighted by atomic mass is 16.5. The van der Waals surface area contributed by atoms with Crippen molar-refractivity contribution in [1.29, 1.82) is 0 Å². The first-order valence-electron chi connectivity index (χ1n) is 11.8. The Labute approximate surface area is 198 Å². The number of nitrogens with zero attached hydrogens (tertiary/aromatic N) is 3. The zero-order valence-electron chi connectivity index (χ0n) is 19.5. The van der Waals surface area contributed by atoms with Crippen molar-refractivity contribution in [3.8, 4) is 11.1 Å². The third-order valence-electron chi connectivity index (χ3n) is 6.52. The minimum Gasteiger partial charge on any atom is -0.462 e. The largest absolute Gasteiger partial charge is 0.462 e. The van der Waals surface area contributed by atoms with Crippen LogP contribution in [0.5, 0.6) is 0 Å². The molecule has 1 saturated carbocycles. The fourth-order valence-corrected chi connectivity index (χ4v) is 4.92. The van der Waals surface area contributed by atoms with Gasteiger partial charge in [-0.2, -0.15) is 4.98 Å². The van der Waals surface area contributed by atoms with Crippen molar-refractivity contribution in [1.82, 2.24) is 20.4 Å². The number of hydrogen-bond donors (Lipinski definition) is 1. The van der Waals surface area contributed by atoms with E-state index in [-0.39, 0.29) is 5.97 Å². The standard InChI is InChI=1S/C27H28N4O3/c1-3-33-25(32)24-22(17-28-27(15-9-10-16-27)26-29-18(2)34-31-26)30-21-14-8-7-13-20(21)23(24)19-11-5-4-6-12-19/h4-8,11-14,28H,3,9-10,15-17H2,1-2H3. The minimum atomic E-state index is -0.399. The molecule has 0 spiro atoms. The van der Waals surface area contributed by atoms with Crippen molar-refractivity contribution >= 4 is 16.9 Å². The number of aryl methyl sites for hydroxylation is 1. The van der Waals surface area contributed by atoms with Crippen LogP contribution in [0.2, 0.25) is 0 Å². The van der Waals surface area contributed by atoms with Gasteiger partial charge in [0.2, 0.25) is 5.89 Å². The first-order valence-corrected chi connectivity index (χ1v) is 11.8. The summed E-state index contributed by atoms with van der Waals surface area (Å²) in [6.45, 7) is 4.29. The summed E-state index contributed by atoms with van der Waals surface area (Å²) in [5.41, 5.74) is 3.39. The molecule has 1 fully saturated rings. The van der Waals surface area contributed by atoms with E-state index in [0.29, 0.717) is 36.1 Å². The van der Waals surface area contributed by atoms with Gasteiger partial charge in [0.05, 0.1) is 28.9 Å². The molecule has 0 amide bonds. The lowest BCUT2D eigenvalue weighted by Gasteiger charge is -2.27. The molecule has 5 rings (SSSR count). The number of fused-ring (bicyclic) bond motifs is 1. The summed E-state index contributed by atoms with van der Waals surface area (Å²) in [6.07, 6.45) is 3.96. The Kier molecular flexibility index (Phi) is 6.11. The Bertz CT molecular complexity index is 1310. The Morgan fingerprint density at radius 1 is 1.06 bits per heavy atom. The van der Waals surface area contributed by atoms with Gasteiger partial charge in [0, 0.05) is 24.4 Å². The molecule has 0 unspecified atom stereocenters. The highest BCUT2D eigenvalue weighted by Crippen LogP contribution is 2.39. The van der Waals surface area contributed by atoms with Crippen LogP contribution in [-0.2, 0) is 16.8 Å². The number of ether oxygens (including phenoxy) is 1. The summed E-state index contributed by atoms with van der Waals surface area (Å²) in [4.78, 5) is 22.8. The maximum Gasteiger partial charge on any atom is 0.340 e. The quantitative estimate of drug-likeness (QED) is 0.376. The number of nitrogens with one attached hydrogen (secondary N) is 1. The fraction of sp³-hybridized carbons (Fsp3) is 0.333. The molecule has 2 heterocycles. The van der Waals surface area contributed by atoms with E-state index >= 15 is 0 Å². The van der Waals surface area contributed by atoms with Crippen LogP contribution in [0.3, 0.4) is 0 Å². The molecule has 2 aromatic heterocycles. The summed E-state index contributed by atoms with van der Waals surface area (Å²) in [6, 6.07) is 17.9. The Hall–Kier alpha value is -3.58. The average Bonchev–Trinajstić information content (AvgIpc) is 3.52. The van der Waals surface area contributed by atoms with E-state index in [1.807, 2.05) is 61.5 Å². The fourth-order valence-electron chi connectivity index (χ4n) is 4.92. The predicted octanol–water partition coefficient (Wildman–Crippen LogP) is 5.33. The molecule has 0 atom stereocenters. The molecule has 34 heavy (non-hydrogen) atoms. The summed E-state index contributed by atoms with van der Waals surface area (Å²) in [5, 5.41) is 8.81. The van der Waals surface area contributed by atoms with Crippen molar-refractivity contribution in [3.63, 3.8) is 0 Å². The number of carbonyl (C=O) groups is 1. The number of hydrogen-bond acceptors (Lipinski definition) is 7. The van der Waals surface area contributed by atoms with E-state index in [2.05, 4.69) is 15.5 Å². The van der Waals surface area contributed by atoms with Gasteiger partial charge in [-0.05, 0) is 31.4 Å². The van der Waals surface area contributed by atoms with E-state index in [1.54, 1.807) is 6.92 Å². The molecular weight excluding hydrogens is 428 g/mol. The maximum absolute atomic E-state index is 13.3. The predicted molar refractivity (Wildman–Crippen MR) is 129 cm³/mol. The summed E-state index contributed by atoms with van der Waals surface area (Å²) >= 11 is 0. The second kappa shape index (κ2) is 9.35. The molecular formula is C27H28N4O3. The van der Waals surface area contributed by atoms with Crippen molar-refractivity contribution in [2.45, 2.75) is 51.6 Å². The molecule has 7 nitrogen and oxygen atoms in total. The highest BCUT2D eigenvalue weighted by Gasteiger charge is 2.40. The van der Waals surface area contributed by atoms with Gasteiger partial charge >= 0.3 is 5.97 Å². The van der Waals surface area contributed by atoms with Crippen LogP contribution in [0.25, 0.3) is 22.0 Å². The molecule has 0 radical (unpaired) electrons. The van der Waals surface area contributed by atoms with Crippen LogP contribution in [0.4, 0.5) is 0 Å². The number of aromatic nitrogens is 3. The topological polar surface area (TPSA) is 90.1 Å². The molecule has 4 aromatic rings. The number of para-hydroxylation sites is 1. The van der Waals surface area contributed by atoms with Gasteiger partial charge in [-0.15, -0.1) is 0 Å². The molecule has 1 N–H and O–H groups in total. The number of pyridine rings is 1. The lowest BCUT2D eigenvalue weighted by Crippen LogP contribution is -2.41. The normalized spacial score (nSPS) is 15.0. The van der Waals surface area contributed by atoms with E-state index in [9.17, 15) is 4.79 Å². The average molecular weight is 457 g/mol. The molecule has 0 bridgehead atoms. The number of esters is 1. The molecule has 1 aliphatic carbocycles. The summed E-state index contributed by atoms with van der Waals surface area (Å²) in [7, 11) is 0. The molecule has 174 valence electrons. The second-order valence-corrected chi connectivity index (χ2v) is 8.69. The first kappa shape index (κ1) is 22.2. The van der Waals surface area contributed by atoms with E-state index in [4.69, 9.17) is 14.2 Å². The number of carbonyl (C=O) groups excluding carboxylic acids is 1. The van der Waals surface area contributed by atoms with E-state index < -0.39 is 5.54 Å². The van der Waals surface area contributed by atoms with Crippen molar-refractivity contribution in [3.05, 3.63) is 77.6 Å². The van der Waals surface area contributed by atoms with Crippen LogP contribution < -0.4 is 5.32 Å². The molecule has 0 aliphatic heterocycles. The van der Waals surface area contributed by atoms with Crippen LogP contribution in [0.15, 0.2) is 59.1 Å². The minimum absolute atomic E-state index is 0.291. The van der Waals surface area contributed by atoms with Gasteiger partial charge < -0.3 is 9.26 Å². The van der Waals surface area contributed by atoms with Crippen LogP contribution in [0, 0.1) is 6.92 Å².